The number of rotatable bonds is 5. The predicted molar refractivity (Wildman–Crippen MR) is 123 cm³/mol. The summed E-state index contributed by atoms with van der Waals surface area (Å²) in [5.74, 6) is -2.34. The maximum absolute atomic E-state index is 15.4. The van der Waals surface area contributed by atoms with Crippen molar-refractivity contribution in [1.82, 2.24) is 24.3 Å². The minimum Gasteiger partial charge on any atom is -0.341 e. The van der Waals surface area contributed by atoms with Gasteiger partial charge in [-0.1, -0.05) is 6.07 Å². The SMILES string of the molecule is Cc1cnc(-c2ncn3cc(-c4c(F)ccc(NS(=O)(=O)c5cc(F)cnc5C)c4F)ccc23)[nH]1. The van der Waals surface area contributed by atoms with Crippen LogP contribution in [-0.4, -0.2) is 32.8 Å². The quantitative estimate of drug-likeness (QED) is 0.368. The van der Waals surface area contributed by atoms with Gasteiger partial charge in [0.05, 0.1) is 28.7 Å². The smallest absolute Gasteiger partial charge is 0.263 e. The molecule has 0 fully saturated rings. The van der Waals surface area contributed by atoms with E-state index in [0.29, 0.717) is 17.0 Å². The van der Waals surface area contributed by atoms with Gasteiger partial charge < -0.3 is 9.38 Å². The van der Waals surface area contributed by atoms with Crippen LogP contribution in [0, 0.1) is 31.3 Å². The van der Waals surface area contributed by atoms with Gasteiger partial charge in [-0.15, -0.1) is 0 Å². The number of anilines is 1. The number of aromatic amines is 1. The molecule has 178 valence electrons. The van der Waals surface area contributed by atoms with Crippen LogP contribution in [-0.2, 0) is 10.0 Å². The summed E-state index contributed by atoms with van der Waals surface area (Å²) in [5, 5.41) is 0. The molecular formula is C23H17F3N6O2S. The zero-order chi connectivity index (χ0) is 24.9. The fourth-order valence-electron chi connectivity index (χ4n) is 3.72. The zero-order valence-corrected chi connectivity index (χ0v) is 19.2. The number of hydrogen-bond acceptors (Lipinski definition) is 5. The highest BCUT2D eigenvalue weighted by Gasteiger charge is 2.23. The largest absolute Gasteiger partial charge is 0.341 e. The molecule has 4 heterocycles. The predicted octanol–water partition coefficient (Wildman–Crippen LogP) is 4.62. The molecule has 0 radical (unpaired) electrons. The Balaban J connectivity index is 1.56. The Morgan fingerprint density at radius 1 is 1.00 bits per heavy atom. The molecule has 0 aliphatic carbocycles. The Labute approximate surface area is 197 Å². The van der Waals surface area contributed by atoms with Crippen molar-refractivity contribution >= 4 is 21.2 Å². The summed E-state index contributed by atoms with van der Waals surface area (Å²) in [6.07, 6.45) is 5.49. The van der Waals surface area contributed by atoms with E-state index in [2.05, 4.69) is 24.7 Å². The van der Waals surface area contributed by atoms with Crippen molar-refractivity contribution < 1.29 is 21.6 Å². The molecule has 0 unspecified atom stereocenters. The van der Waals surface area contributed by atoms with Crippen molar-refractivity contribution in [3.63, 3.8) is 0 Å². The molecule has 0 aliphatic rings. The van der Waals surface area contributed by atoms with Crippen LogP contribution in [0.3, 0.4) is 0 Å². The van der Waals surface area contributed by atoms with E-state index in [1.54, 1.807) is 16.7 Å². The van der Waals surface area contributed by atoms with E-state index in [0.717, 1.165) is 30.1 Å². The van der Waals surface area contributed by atoms with Crippen LogP contribution >= 0.6 is 0 Å². The third kappa shape index (κ3) is 4.01. The van der Waals surface area contributed by atoms with Crippen molar-refractivity contribution in [2.75, 3.05) is 4.72 Å². The normalized spacial score (nSPS) is 11.8. The summed E-state index contributed by atoms with van der Waals surface area (Å²) in [5.41, 5.74) is 1.30. The highest BCUT2D eigenvalue weighted by Crippen LogP contribution is 2.33. The maximum Gasteiger partial charge on any atom is 0.263 e. The molecule has 5 aromatic rings. The monoisotopic (exact) mass is 498 g/mol. The van der Waals surface area contributed by atoms with Gasteiger partial charge in [-0.2, -0.15) is 0 Å². The number of aryl methyl sites for hydroxylation is 2. The molecule has 5 rings (SSSR count). The first-order valence-corrected chi connectivity index (χ1v) is 11.7. The summed E-state index contributed by atoms with van der Waals surface area (Å²) in [6, 6.07) is 5.81. The van der Waals surface area contributed by atoms with Crippen molar-refractivity contribution in [2.24, 2.45) is 0 Å². The first-order valence-electron chi connectivity index (χ1n) is 10.3. The van der Waals surface area contributed by atoms with Crippen molar-refractivity contribution in [3.05, 3.63) is 84.1 Å². The molecule has 8 nitrogen and oxygen atoms in total. The first-order chi connectivity index (χ1) is 16.6. The Morgan fingerprint density at radius 3 is 2.54 bits per heavy atom. The lowest BCUT2D eigenvalue weighted by atomic mass is 10.0. The number of benzene rings is 1. The molecule has 1 aromatic carbocycles. The Bertz CT molecular complexity index is 1710. The van der Waals surface area contributed by atoms with Gasteiger partial charge in [0.25, 0.3) is 10.0 Å². The molecular weight excluding hydrogens is 481 g/mol. The highest BCUT2D eigenvalue weighted by molar-refractivity contribution is 7.92. The van der Waals surface area contributed by atoms with Crippen LogP contribution in [0.2, 0.25) is 0 Å². The summed E-state index contributed by atoms with van der Waals surface area (Å²) in [6.45, 7) is 3.23. The lowest BCUT2D eigenvalue weighted by Gasteiger charge is -2.14. The van der Waals surface area contributed by atoms with Gasteiger partial charge in [-0.3, -0.25) is 9.71 Å². The molecule has 0 aliphatic heterocycles. The van der Waals surface area contributed by atoms with E-state index in [1.807, 2.05) is 6.92 Å². The van der Waals surface area contributed by atoms with Gasteiger partial charge in [0.2, 0.25) is 0 Å². The number of hydrogen-bond donors (Lipinski definition) is 2. The number of nitrogens with one attached hydrogen (secondary N) is 2. The lowest BCUT2D eigenvalue weighted by molar-refractivity contribution is 0.584. The molecule has 0 atom stereocenters. The van der Waals surface area contributed by atoms with Gasteiger partial charge in [0, 0.05) is 23.7 Å². The number of aromatic nitrogens is 5. The second-order valence-corrected chi connectivity index (χ2v) is 9.50. The second kappa shape index (κ2) is 8.24. The number of imidazole rings is 2. The minimum absolute atomic E-state index is 0.0229. The maximum atomic E-state index is 15.4. The molecule has 12 heteroatoms. The van der Waals surface area contributed by atoms with Crippen LogP contribution in [0.5, 0.6) is 0 Å². The van der Waals surface area contributed by atoms with E-state index >= 15 is 4.39 Å². The average molecular weight is 498 g/mol. The summed E-state index contributed by atoms with van der Waals surface area (Å²) >= 11 is 0. The van der Waals surface area contributed by atoms with Crippen LogP contribution in [0.4, 0.5) is 18.9 Å². The molecule has 0 saturated heterocycles. The molecule has 0 saturated carbocycles. The van der Waals surface area contributed by atoms with Crippen LogP contribution in [0.15, 0.2) is 60.1 Å². The molecule has 35 heavy (non-hydrogen) atoms. The van der Waals surface area contributed by atoms with E-state index in [1.165, 1.54) is 25.5 Å². The fourth-order valence-corrected chi connectivity index (χ4v) is 4.99. The summed E-state index contributed by atoms with van der Waals surface area (Å²) in [7, 11) is -4.40. The van der Waals surface area contributed by atoms with E-state index in [-0.39, 0.29) is 11.3 Å². The van der Waals surface area contributed by atoms with E-state index in [9.17, 15) is 17.2 Å². The number of nitrogens with zero attached hydrogens (tertiary/aromatic N) is 4. The first kappa shape index (κ1) is 22.6. The third-order valence-electron chi connectivity index (χ3n) is 5.38. The highest BCUT2D eigenvalue weighted by atomic mass is 32.2. The summed E-state index contributed by atoms with van der Waals surface area (Å²) < 4.78 is 72.9. The lowest BCUT2D eigenvalue weighted by Crippen LogP contribution is -2.16. The molecule has 0 amide bonds. The number of fused-ring (bicyclic) bond motifs is 1. The van der Waals surface area contributed by atoms with Gasteiger partial charge in [0.15, 0.2) is 11.6 Å². The number of halogens is 3. The van der Waals surface area contributed by atoms with Crippen molar-refractivity contribution in [2.45, 2.75) is 18.7 Å². The topological polar surface area (TPSA) is 105 Å². The number of pyridine rings is 2. The second-order valence-electron chi connectivity index (χ2n) is 7.84. The van der Waals surface area contributed by atoms with Gasteiger partial charge >= 0.3 is 0 Å². The average Bonchev–Trinajstić information content (AvgIpc) is 3.43. The standard InChI is InChI=1S/C23H17F3N6O2S/c1-12-8-28-23(30-12)22-18-6-3-14(10-32(18)11-29-22)20-16(25)4-5-17(21(20)26)31-35(33,34)19-7-15(24)9-27-13(19)2/h3-11,31H,1-2H3,(H,28,30). The zero-order valence-electron chi connectivity index (χ0n) is 18.3. The van der Waals surface area contributed by atoms with Crippen LogP contribution in [0.1, 0.15) is 11.4 Å². The van der Waals surface area contributed by atoms with Gasteiger partial charge in [0.1, 0.15) is 28.6 Å². The molecule has 0 bridgehead atoms. The fraction of sp³-hybridized carbons (Fsp3) is 0.0870. The third-order valence-corrected chi connectivity index (χ3v) is 6.86. The Morgan fingerprint density at radius 2 is 1.80 bits per heavy atom. The molecule has 0 spiro atoms. The number of sulfonamides is 1. The molecule has 2 N–H and O–H groups in total. The Kier molecular flexibility index (Phi) is 5.32. The minimum atomic E-state index is -4.40. The van der Waals surface area contributed by atoms with Crippen molar-refractivity contribution in [3.8, 4) is 22.6 Å². The van der Waals surface area contributed by atoms with Gasteiger partial charge in [-0.05, 0) is 38.1 Å². The van der Waals surface area contributed by atoms with Crippen LogP contribution in [0.25, 0.3) is 28.2 Å². The van der Waals surface area contributed by atoms with Crippen LogP contribution < -0.4 is 4.72 Å². The van der Waals surface area contributed by atoms with E-state index in [4.69, 9.17) is 0 Å². The number of H-pyrrole nitrogens is 1. The Hall–Kier alpha value is -4.19. The van der Waals surface area contributed by atoms with Gasteiger partial charge in [-0.25, -0.2) is 31.6 Å². The summed E-state index contributed by atoms with van der Waals surface area (Å²) in [4.78, 5) is 14.9. The van der Waals surface area contributed by atoms with E-state index < -0.39 is 43.6 Å². The van der Waals surface area contributed by atoms with Crippen molar-refractivity contribution in [1.29, 1.82) is 0 Å². The molecule has 4 aromatic heterocycles.